The van der Waals surface area contributed by atoms with Crippen molar-refractivity contribution in [2.45, 2.75) is 12.0 Å². The Hall–Kier alpha value is -5.21. The predicted molar refractivity (Wildman–Crippen MR) is 171 cm³/mol. The van der Waals surface area contributed by atoms with Crippen LogP contribution in [0.5, 0.6) is 0 Å². The monoisotopic (exact) mass is 569 g/mol. The lowest BCUT2D eigenvalue weighted by Gasteiger charge is -2.40. The molecule has 5 aromatic rings. The second-order valence-corrected chi connectivity index (χ2v) is 10.6. The fourth-order valence-corrected chi connectivity index (χ4v) is 5.79. The third kappa shape index (κ3) is 6.34. The molecule has 1 aromatic heterocycles. The molecule has 0 atom stereocenters. The number of anilines is 3. The molecule has 6 rings (SSSR count). The Labute approximate surface area is 252 Å². The number of carbonyl (C=O) groups excluding carboxylic acids is 1. The number of nitrogens with two attached hydrogens (primary N) is 1. The van der Waals surface area contributed by atoms with Crippen LogP contribution in [0.1, 0.15) is 34.2 Å². The highest BCUT2D eigenvalue weighted by Crippen LogP contribution is 2.32. The molecule has 0 aliphatic carbocycles. The van der Waals surface area contributed by atoms with E-state index >= 15 is 0 Å². The zero-order valence-corrected chi connectivity index (χ0v) is 23.9. The van der Waals surface area contributed by atoms with Crippen LogP contribution in [0.25, 0.3) is 0 Å². The van der Waals surface area contributed by atoms with Gasteiger partial charge < -0.3 is 10.6 Å². The van der Waals surface area contributed by atoms with E-state index in [2.05, 4.69) is 91.3 Å². The van der Waals surface area contributed by atoms with E-state index in [1.54, 1.807) is 0 Å². The fraction of sp³-hybridized carbons (Fsp3) is 0.171. The quantitative estimate of drug-likeness (QED) is 0.209. The second kappa shape index (κ2) is 13.2. The van der Waals surface area contributed by atoms with Crippen LogP contribution in [0.2, 0.25) is 0 Å². The molecule has 1 saturated heterocycles. The molecule has 8 nitrogen and oxygen atoms in total. The summed E-state index contributed by atoms with van der Waals surface area (Å²) in [6.07, 6.45) is 1.48. The summed E-state index contributed by atoms with van der Waals surface area (Å²) in [6.45, 7) is 3.20. The number of rotatable bonds is 9. The van der Waals surface area contributed by atoms with Gasteiger partial charge >= 0.3 is 0 Å². The standard InChI is InChI=1S/C35H35N7O/c36-31-33(39-40-35(43)30(26-13-5-1-6-14-26)27-15-7-2-8-16-27)37-25-38-34(31)42-23-21-41(22-24-42)32(28-17-9-3-10-18-28)29-19-11-4-12-20-29/h1-20,25,30,32H,21-24,36H2,(H,40,43)(H,37,38,39). The van der Waals surface area contributed by atoms with Crippen molar-refractivity contribution in [3.8, 4) is 0 Å². The van der Waals surface area contributed by atoms with Crippen LogP contribution < -0.4 is 21.5 Å². The van der Waals surface area contributed by atoms with Gasteiger partial charge in [-0.25, -0.2) is 9.97 Å². The first-order valence-corrected chi connectivity index (χ1v) is 14.5. The van der Waals surface area contributed by atoms with Crippen molar-refractivity contribution in [3.63, 3.8) is 0 Å². The Kier molecular flexibility index (Phi) is 8.56. The largest absolute Gasteiger partial charge is 0.393 e. The van der Waals surface area contributed by atoms with Gasteiger partial charge in [-0.05, 0) is 22.3 Å². The molecule has 0 radical (unpaired) electrons. The van der Waals surface area contributed by atoms with Gasteiger partial charge in [0.05, 0.1) is 12.0 Å². The smallest absolute Gasteiger partial charge is 0.250 e. The zero-order chi connectivity index (χ0) is 29.4. The highest BCUT2D eigenvalue weighted by atomic mass is 16.2. The third-order valence-electron chi connectivity index (χ3n) is 7.90. The molecule has 1 aliphatic rings. The number of nitrogen functional groups attached to an aromatic ring is 1. The summed E-state index contributed by atoms with van der Waals surface area (Å²) in [6, 6.07) is 40.9. The Morgan fingerprint density at radius 1 is 0.651 bits per heavy atom. The first-order valence-electron chi connectivity index (χ1n) is 14.5. The van der Waals surface area contributed by atoms with Crippen LogP contribution in [0.4, 0.5) is 17.3 Å². The predicted octanol–water partition coefficient (Wildman–Crippen LogP) is 5.25. The number of nitrogens with zero attached hydrogens (tertiary/aromatic N) is 4. The Morgan fingerprint density at radius 2 is 1.12 bits per heavy atom. The maximum absolute atomic E-state index is 13.5. The molecule has 8 heteroatoms. The number of hydrogen-bond acceptors (Lipinski definition) is 7. The van der Waals surface area contributed by atoms with Gasteiger partial charge in [0.2, 0.25) is 5.91 Å². The van der Waals surface area contributed by atoms with Crippen molar-refractivity contribution in [1.82, 2.24) is 20.3 Å². The van der Waals surface area contributed by atoms with Crippen molar-refractivity contribution >= 4 is 23.2 Å². The average molecular weight is 570 g/mol. The normalized spacial score (nSPS) is 13.7. The van der Waals surface area contributed by atoms with Gasteiger partial charge in [0.25, 0.3) is 0 Å². The first-order chi connectivity index (χ1) is 21.2. The number of nitrogens with one attached hydrogen (secondary N) is 2. The summed E-state index contributed by atoms with van der Waals surface area (Å²) in [5, 5.41) is 0. The average Bonchev–Trinajstić information content (AvgIpc) is 3.07. The number of benzene rings is 4. The molecule has 216 valence electrons. The maximum atomic E-state index is 13.5. The van der Waals surface area contributed by atoms with Gasteiger partial charge in [-0.15, -0.1) is 0 Å². The highest BCUT2D eigenvalue weighted by molar-refractivity contribution is 5.88. The number of hydrogen-bond donors (Lipinski definition) is 3. The van der Waals surface area contributed by atoms with Crippen LogP contribution in [0.15, 0.2) is 128 Å². The van der Waals surface area contributed by atoms with Crippen LogP contribution in [0, 0.1) is 0 Å². The number of amides is 1. The Morgan fingerprint density at radius 3 is 1.60 bits per heavy atom. The molecular formula is C35H35N7O. The highest BCUT2D eigenvalue weighted by Gasteiger charge is 2.28. The molecule has 0 unspecified atom stereocenters. The summed E-state index contributed by atoms with van der Waals surface area (Å²) in [5.41, 5.74) is 17.1. The van der Waals surface area contributed by atoms with E-state index < -0.39 is 5.92 Å². The number of carbonyl (C=O) groups is 1. The summed E-state index contributed by atoms with van der Waals surface area (Å²) >= 11 is 0. The number of piperazine rings is 1. The van der Waals surface area contributed by atoms with E-state index in [1.165, 1.54) is 17.5 Å². The Bertz CT molecular complexity index is 1530. The lowest BCUT2D eigenvalue weighted by Crippen LogP contribution is -2.48. The third-order valence-corrected chi connectivity index (χ3v) is 7.90. The summed E-state index contributed by atoms with van der Waals surface area (Å²) < 4.78 is 0. The lowest BCUT2D eigenvalue weighted by atomic mass is 9.91. The molecule has 4 N–H and O–H groups in total. The SMILES string of the molecule is Nc1c(NNC(=O)C(c2ccccc2)c2ccccc2)ncnc1N1CCN(C(c2ccccc2)c2ccccc2)CC1. The number of hydrazine groups is 1. The van der Waals surface area contributed by atoms with Crippen LogP contribution >= 0.6 is 0 Å². The summed E-state index contributed by atoms with van der Waals surface area (Å²) in [7, 11) is 0. The molecule has 0 spiro atoms. The van der Waals surface area contributed by atoms with Gasteiger partial charge in [-0.3, -0.25) is 20.5 Å². The molecule has 1 amide bonds. The minimum Gasteiger partial charge on any atom is -0.393 e. The maximum Gasteiger partial charge on any atom is 0.250 e. The van der Waals surface area contributed by atoms with E-state index in [-0.39, 0.29) is 11.9 Å². The lowest BCUT2D eigenvalue weighted by molar-refractivity contribution is -0.121. The van der Waals surface area contributed by atoms with Crippen molar-refractivity contribution in [2.24, 2.45) is 0 Å². The van der Waals surface area contributed by atoms with Crippen LogP contribution in [0.3, 0.4) is 0 Å². The van der Waals surface area contributed by atoms with Crippen molar-refractivity contribution in [1.29, 1.82) is 0 Å². The molecule has 2 heterocycles. The Balaban J connectivity index is 1.15. The van der Waals surface area contributed by atoms with Crippen LogP contribution in [-0.4, -0.2) is 47.0 Å². The molecule has 1 aliphatic heterocycles. The van der Waals surface area contributed by atoms with E-state index in [0.29, 0.717) is 17.3 Å². The van der Waals surface area contributed by atoms with Gasteiger partial charge in [0.1, 0.15) is 12.0 Å². The fourth-order valence-electron chi connectivity index (χ4n) is 5.79. The second-order valence-electron chi connectivity index (χ2n) is 10.6. The van der Waals surface area contributed by atoms with Gasteiger partial charge in [0.15, 0.2) is 11.6 Å². The zero-order valence-electron chi connectivity index (χ0n) is 23.9. The van der Waals surface area contributed by atoms with Gasteiger partial charge in [0, 0.05) is 26.2 Å². The van der Waals surface area contributed by atoms with E-state index in [0.717, 1.165) is 37.3 Å². The summed E-state index contributed by atoms with van der Waals surface area (Å²) in [5.74, 6) is 0.322. The van der Waals surface area contributed by atoms with E-state index in [9.17, 15) is 4.79 Å². The first kappa shape index (κ1) is 27.9. The number of aromatic nitrogens is 2. The topological polar surface area (TPSA) is 99.4 Å². The molecular weight excluding hydrogens is 534 g/mol. The minimum atomic E-state index is -0.493. The van der Waals surface area contributed by atoms with Crippen molar-refractivity contribution in [3.05, 3.63) is 150 Å². The summed E-state index contributed by atoms with van der Waals surface area (Å²) in [4.78, 5) is 27.0. The van der Waals surface area contributed by atoms with Gasteiger partial charge in [-0.1, -0.05) is 121 Å². The molecule has 0 saturated carbocycles. The molecule has 4 aromatic carbocycles. The van der Waals surface area contributed by atoms with E-state index in [1.807, 2.05) is 60.7 Å². The molecule has 43 heavy (non-hydrogen) atoms. The minimum absolute atomic E-state index is 0.168. The van der Waals surface area contributed by atoms with Crippen molar-refractivity contribution < 1.29 is 4.79 Å². The van der Waals surface area contributed by atoms with Gasteiger partial charge in [-0.2, -0.15) is 0 Å². The van der Waals surface area contributed by atoms with E-state index in [4.69, 9.17) is 5.73 Å². The molecule has 0 bridgehead atoms. The molecule has 1 fully saturated rings. The van der Waals surface area contributed by atoms with Crippen molar-refractivity contribution in [2.75, 3.05) is 42.2 Å². The van der Waals surface area contributed by atoms with Crippen LogP contribution in [-0.2, 0) is 4.79 Å².